The molecule has 80 valence electrons. The molecule has 2 aromatic heterocycles. The molecule has 0 unspecified atom stereocenters. The van der Waals surface area contributed by atoms with Crippen molar-refractivity contribution in [2.24, 2.45) is 0 Å². The lowest BCUT2D eigenvalue weighted by atomic mass is 10.2. The molecule has 0 spiro atoms. The molecule has 0 saturated heterocycles. The third-order valence-corrected chi connectivity index (χ3v) is 2.02. The summed E-state index contributed by atoms with van der Waals surface area (Å²) in [5, 5.41) is 10.7. The third kappa shape index (κ3) is 2.23. The van der Waals surface area contributed by atoms with E-state index in [4.69, 9.17) is 0 Å². The molecule has 0 saturated carbocycles. The van der Waals surface area contributed by atoms with Crippen LogP contribution < -0.4 is 5.32 Å². The summed E-state index contributed by atoms with van der Waals surface area (Å²) in [7, 11) is 0. The first-order chi connectivity index (χ1) is 7.06. The van der Waals surface area contributed by atoms with Crippen LogP contribution in [0, 0.1) is 0 Å². The van der Waals surface area contributed by atoms with Crippen LogP contribution in [-0.4, -0.2) is 26.8 Å². The van der Waals surface area contributed by atoms with Gasteiger partial charge in [0.2, 0.25) is 0 Å². The van der Waals surface area contributed by atoms with Gasteiger partial charge in [0.25, 0.3) is 0 Å². The third-order valence-electron chi connectivity index (χ3n) is 2.02. The van der Waals surface area contributed by atoms with Crippen molar-refractivity contribution in [2.75, 3.05) is 11.9 Å². The zero-order valence-electron chi connectivity index (χ0n) is 8.74. The summed E-state index contributed by atoms with van der Waals surface area (Å²) in [6, 6.07) is 5.57. The molecule has 2 heterocycles. The number of nitrogens with one attached hydrogen (secondary N) is 1. The van der Waals surface area contributed by atoms with Crippen LogP contribution >= 0.6 is 0 Å². The number of rotatable bonds is 3. The average Bonchev–Trinajstić information content (AvgIpc) is 2.61. The maximum Gasteiger partial charge on any atom is 0.162 e. The summed E-state index contributed by atoms with van der Waals surface area (Å²) >= 11 is 0. The first-order valence-corrected chi connectivity index (χ1v) is 4.78. The Morgan fingerprint density at radius 1 is 1.47 bits per heavy atom. The Hall–Kier alpha value is -1.65. The second-order valence-electron chi connectivity index (χ2n) is 4.04. The van der Waals surface area contributed by atoms with Gasteiger partial charge in [-0.05, 0) is 26.0 Å². The van der Waals surface area contributed by atoms with Crippen LogP contribution in [0.25, 0.3) is 5.65 Å². The van der Waals surface area contributed by atoms with E-state index in [0.29, 0.717) is 0 Å². The van der Waals surface area contributed by atoms with Gasteiger partial charge in [-0.1, -0.05) is 6.07 Å². The van der Waals surface area contributed by atoms with Crippen LogP contribution in [0.4, 0.5) is 10.2 Å². The minimum atomic E-state index is -1.24. The van der Waals surface area contributed by atoms with Gasteiger partial charge in [-0.2, -0.15) is 0 Å². The SMILES string of the molecule is CC(C)(F)CNc1cccc2nncn12. The number of aromatic nitrogens is 3. The minimum Gasteiger partial charge on any atom is -0.368 e. The van der Waals surface area contributed by atoms with Crippen molar-refractivity contribution in [2.45, 2.75) is 19.5 Å². The Morgan fingerprint density at radius 2 is 2.27 bits per heavy atom. The maximum absolute atomic E-state index is 13.3. The molecule has 5 heteroatoms. The number of halogens is 1. The summed E-state index contributed by atoms with van der Waals surface area (Å²) in [4.78, 5) is 0. The number of nitrogens with zero attached hydrogens (tertiary/aromatic N) is 3. The molecule has 0 fully saturated rings. The summed E-state index contributed by atoms with van der Waals surface area (Å²) in [6.45, 7) is 3.32. The van der Waals surface area contributed by atoms with E-state index in [-0.39, 0.29) is 6.54 Å². The lowest BCUT2D eigenvalue weighted by Gasteiger charge is -2.16. The van der Waals surface area contributed by atoms with Crippen molar-refractivity contribution < 1.29 is 4.39 Å². The van der Waals surface area contributed by atoms with Gasteiger partial charge in [-0.15, -0.1) is 10.2 Å². The van der Waals surface area contributed by atoms with Crippen LogP contribution in [0.3, 0.4) is 0 Å². The molecule has 0 radical (unpaired) electrons. The quantitative estimate of drug-likeness (QED) is 0.837. The number of hydrogen-bond donors (Lipinski definition) is 1. The van der Waals surface area contributed by atoms with Crippen molar-refractivity contribution >= 4 is 11.5 Å². The zero-order chi connectivity index (χ0) is 10.9. The topological polar surface area (TPSA) is 42.2 Å². The fraction of sp³-hybridized carbons (Fsp3) is 0.400. The highest BCUT2D eigenvalue weighted by molar-refractivity contribution is 5.48. The highest BCUT2D eigenvalue weighted by Gasteiger charge is 2.15. The van der Waals surface area contributed by atoms with E-state index >= 15 is 0 Å². The number of hydrogen-bond acceptors (Lipinski definition) is 3. The first kappa shape index (κ1) is 9.89. The van der Waals surface area contributed by atoms with E-state index in [1.807, 2.05) is 18.2 Å². The van der Waals surface area contributed by atoms with E-state index in [2.05, 4.69) is 15.5 Å². The van der Waals surface area contributed by atoms with E-state index in [1.54, 1.807) is 10.7 Å². The first-order valence-electron chi connectivity index (χ1n) is 4.78. The predicted octanol–water partition coefficient (Wildman–Crippen LogP) is 1.89. The van der Waals surface area contributed by atoms with Gasteiger partial charge in [0.1, 0.15) is 17.8 Å². The molecule has 2 rings (SSSR count). The molecule has 0 bridgehead atoms. The summed E-state index contributed by atoms with van der Waals surface area (Å²) in [6.07, 6.45) is 1.60. The zero-order valence-corrected chi connectivity index (χ0v) is 8.74. The lowest BCUT2D eigenvalue weighted by Crippen LogP contribution is -2.25. The van der Waals surface area contributed by atoms with Crippen LogP contribution in [0.2, 0.25) is 0 Å². The Balaban J connectivity index is 2.24. The van der Waals surface area contributed by atoms with Crippen LogP contribution in [0.1, 0.15) is 13.8 Å². The van der Waals surface area contributed by atoms with Gasteiger partial charge in [0.05, 0.1) is 0 Å². The second kappa shape index (κ2) is 3.49. The number of pyridine rings is 1. The number of anilines is 1. The Kier molecular flexibility index (Phi) is 2.30. The Morgan fingerprint density at radius 3 is 3.00 bits per heavy atom. The molecular weight excluding hydrogens is 195 g/mol. The minimum absolute atomic E-state index is 0.254. The lowest BCUT2D eigenvalue weighted by molar-refractivity contribution is 0.235. The maximum atomic E-state index is 13.3. The van der Waals surface area contributed by atoms with Crippen molar-refractivity contribution in [1.29, 1.82) is 0 Å². The van der Waals surface area contributed by atoms with Crippen LogP contribution in [0.5, 0.6) is 0 Å². The fourth-order valence-electron chi connectivity index (χ4n) is 1.29. The van der Waals surface area contributed by atoms with Gasteiger partial charge in [-0.3, -0.25) is 4.40 Å². The Bertz CT molecular complexity index is 458. The van der Waals surface area contributed by atoms with Crippen molar-refractivity contribution in [3.05, 3.63) is 24.5 Å². The molecule has 0 amide bonds. The number of fused-ring (bicyclic) bond motifs is 1. The van der Waals surface area contributed by atoms with E-state index in [9.17, 15) is 4.39 Å². The second-order valence-corrected chi connectivity index (χ2v) is 4.04. The number of alkyl halides is 1. The van der Waals surface area contributed by atoms with E-state index in [1.165, 1.54) is 13.8 Å². The van der Waals surface area contributed by atoms with Gasteiger partial charge in [0.15, 0.2) is 5.65 Å². The molecule has 0 atom stereocenters. The van der Waals surface area contributed by atoms with Crippen molar-refractivity contribution in [3.8, 4) is 0 Å². The highest BCUT2D eigenvalue weighted by Crippen LogP contribution is 2.13. The van der Waals surface area contributed by atoms with Crippen molar-refractivity contribution in [1.82, 2.24) is 14.6 Å². The molecule has 2 aromatic rings. The van der Waals surface area contributed by atoms with Crippen molar-refractivity contribution in [3.63, 3.8) is 0 Å². The van der Waals surface area contributed by atoms with E-state index in [0.717, 1.165) is 11.5 Å². The molecule has 0 aliphatic heterocycles. The largest absolute Gasteiger partial charge is 0.368 e. The molecule has 4 nitrogen and oxygen atoms in total. The van der Waals surface area contributed by atoms with Gasteiger partial charge in [-0.25, -0.2) is 4.39 Å². The predicted molar refractivity (Wildman–Crippen MR) is 56.7 cm³/mol. The summed E-state index contributed by atoms with van der Waals surface area (Å²) < 4.78 is 15.1. The molecular formula is C10H13FN4. The molecule has 15 heavy (non-hydrogen) atoms. The molecule has 0 aliphatic carbocycles. The molecule has 0 aromatic carbocycles. The fourth-order valence-corrected chi connectivity index (χ4v) is 1.29. The average molecular weight is 208 g/mol. The summed E-state index contributed by atoms with van der Waals surface area (Å²) in [5.74, 6) is 0.795. The van der Waals surface area contributed by atoms with Gasteiger partial charge >= 0.3 is 0 Å². The normalized spacial score (nSPS) is 11.9. The van der Waals surface area contributed by atoms with Gasteiger partial charge in [0, 0.05) is 6.54 Å². The van der Waals surface area contributed by atoms with E-state index < -0.39 is 5.67 Å². The molecule has 0 aliphatic rings. The highest BCUT2D eigenvalue weighted by atomic mass is 19.1. The van der Waals surface area contributed by atoms with Crippen LogP contribution in [0.15, 0.2) is 24.5 Å². The smallest absolute Gasteiger partial charge is 0.162 e. The van der Waals surface area contributed by atoms with Crippen LogP contribution in [-0.2, 0) is 0 Å². The van der Waals surface area contributed by atoms with Gasteiger partial charge < -0.3 is 5.32 Å². The standard InChI is InChI=1S/C10H13FN4/c1-10(2,11)6-12-8-4-3-5-9-14-13-7-15(8)9/h3-5,7,12H,6H2,1-2H3. The molecule has 1 N–H and O–H groups in total. The summed E-state index contributed by atoms with van der Waals surface area (Å²) in [5.41, 5.74) is -0.493. The monoisotopic (exact) mass is 208 g/mol. The Labute approximate surface area is 87.1 Å².